The third-order valence-corrected chi connectivity index (χ3v) is 4.18. The van der Waals surface area contributed by atoms with Crippen LogP contribution >= 0.6 is 0 Å². The van der Waals surface area contributed by atoms with Crippen molar-refractivity contribution in [2.24, 2.45) is 11.1 Å². The minimum atomic E-state index is -3.50. The zero-order chi connectivity index (χ0) is 16.7. The first-order chi connectivity index (χ1) is 9.49. The lowest BCUT2D eigenvalue weighted by Gasteiger charge is -2.29. The molecule has 0 aliphatic heterocycles. The average molecular weight is 323 g/mol. The van der Waals surface area contributed by atoms with Crippen molar-refractivity contribution in [3.63, 3.8) is 0 Å². The zero-order valence-electron chi connectivity index (χ0n) is 13.7. The molecule has 8 heteroatoms. The molecule has 1 amide bonds. The predicted molar refractivity (Wildman–Crippen MR) is 83.3 cm³/mol. The van der Waals surface area contributed by atoms with Crippen molar-refractivity contribution in [3.8, 4) is 0 Å². The maximum atomic E-state index is 11.9. The molecule has 0 aliphatic rings. The van der Waals surface area contributed by atoms with Crippen molar-refractivity contribution in [2.75, 3.05) is 39.0 Å². The lowest BCUT2D eigenvalue weighted by Crippen LogP contribution is -2.44. The van der Waals surface area contributed by atoms with E-state index >= 15 is 0 Å². The average Bonchev–Trinajstić information content (AvgIpc) is 2.34. The minimum Gasteiger partial charge on any atom is -0.378 e. The third-order valence-electron chi connectivity index (χ3n) is 2.89. The number of likely N-dealkylation sites (N-methyl/N-ethyl adjacent to an activating group) is 1. The molecule has 0 bridgehead atoms. The zero-order valence-corrected chi connectivity index (χ0v) is 14.5. The van der Waals surface area contributed by atoms with Crippen molar-refractivity contribution in [1.29, 1.82) is 0 Å². The molecule has 0 unspecified atom stereocenters. The SMILES string of the molecule is CC(C)OCCS(=O)(=O)NCC(=O)N(C)CC(C)(C)CN. The van der Waals surface area contributed by atoms with Crippen LogP contribution in [0.5, 0.6) is 0 Å². The highest BCUT2D eigenvalue weighted by Gasteiger charge is 2.22. The largest absolute Gasteiger partial charge is 0.378 e. The second-order valence-corrected chi connectivity index (χ2v) is 8.10. The molecule has 0 aromatic heterocycles. The monoisotopic (exact) mass is 323 g/mol. The maximum Gasteiger partial charge on any atom is 0.237 e. The van der Waals surface area contributed by atoms with E-state index in [1.807, 2.05) is 27.7 Å². The van der Waals surface area contributed by atoms with E-state index in [9.17, 15) is 13.2 Å². The van der Waals surface area contributed by atoms with E-state index in [4.69, 9.17) is 10.5 Å². The summed E-state index contributed by atoms with van der Waals surface area (Å²) in [5.74, 6) is -0.443. The maximum absolute atomic E-state index is 11.9. The first-order valence-electron chi connectivity index (χ1n) is 7.02. The van der Waals surface area contributed by atoms with E-state index in [1.54, 1.807) is 7.05 Å². The van der Waals surface area contributed by atoms with Crippen LogP contribution in [0.1, 0.15) is 27.7 Å². The summed E-state index contributed by atoms with van der Waals surface area (Å²) in [7, 11) is -1.87. The van der Waals surface area contributed by atoms with E-state index < -0.39 is 10.0 Å². The summed E-state index contributed by atoms with van der Waals surface area (Å²) in [5.41, 5.74) is 5.41. The molecule has 0 aliphatic carbocycles. The number of sulfonamides is 1. The second kappa shape index (κ2) is 8.67. The van der Waals surface area contributed by atoms with Gasteiger partial charge in [-0.25, -0.2) is 13.1 Å². The molecule has 21 heavy (non-hydrogen) atoms. The van der Waals surface area contributed by atoms with E-state index in [1.165, 1.54) is 4.90 Å². The Hall–Kier alpha value is -0.700. The molecule has 126 valence electrons. The Kier molecular flexibility index (Phi) is 8.38. The number of ether oxygens (including phenoxy) is 1. The number of nitrogens with zero attached hydrogens (tertiary/aromatic N) is 1. The smallest absolute Gasteiger partial charge is 0.237 e. The number of carbonyl (C=O) groups excluding carboxylic acids is 1. The molecule has 0 atom stereocenters. The molecule has 0 heterocycles. The molecule has 0 fully saturated rings. The van der Waals surface area contributed by atoms with E-state index in [-0.39, 0.29) is 36.3 Å². The highest BCUT2D eigenvalue weighted by molar-refractivity contribution is 7.89. The summed E-state index contributed by atoms with van der Waals surface area (Å²) < 4.78 is 30.9. The molecular weight excluding hydrogens is 294 g/mol. The topological polar surface area (TPSA) is 102 Å². The van der Waals surface area contributed by atoms with Crippen molar-refractivity contribution >= 4 is 15.9 Å². The van der Waals surface area contributed by atoms with E-state index in [2.05, 4.69) is 4.72 Å². The van der Waals surface area contributed by atoms with Crippen LogP contribution in [0.2, 0.25) is 0 Å². The van der Waals surface area contributed by atoms with Crippen molar-refractivity contribution < 1.29 is 17.9 Å². The van der Waals surface area contributed by atoms with Gasteiger partial charge in [-0.05, 0) is 25.8 Å². The van der Waals surface area contributed by atoms with Gasteiger partial charge in [-0.1, -0.05) is 13.8 Å². The number of hydrogen-bond acceptors (Lipinski definition) is 5. The number of hydrogen-bond donors (Lipinski definition) is 2. The standard InChI is InChI=1S/C13H29N3O4S/c1-11(2)20-6-7-21(18,19)15-8-12(17)16(5)10-13(3,4)9-14/h11,15H,6-10,14H2,1-5H3. The molecule has 0 saturated heterocycles. The van der Waals surface area contributed by atoms with Gasteiger partial charge in [0.2, 0.25) is 15.9 Å². The summed E-state index contributed by atoms with van der Waals surface area (Å²) in [5, 5.41) is 0. The highest BCUT2D eigenvalue weighted by atomic mass is 32.2. The van der Waals surface area contributed by atoms with Crippen LogP contribution in [-0.4, -0.2) is 64.4 Å². The Bertz CT molecular complexity index is 421. The molecule has 0 aromatic carbocycles. The van der Waals surface area contributed by atoms with Gasteiger partial charge in [-0.15, -0.1) is 0 Å². The van der Waals surface area contributed by atoms with E-state index in [0.29, 0.717) is 13.1 Å². The molecule has 7 nitrogen and oxygen atoms in total. The molecular formula is C13H29N3O4S. The summed E-state index contributed by atoms with van der Waals surface area (Å²) in [6, 6.07) is 0. The van der Waals surface area contributed by atoms with Gasteiger partial charge in [-0.3, -0.25) is 4.79 Å². The van der Waals surface area contributed by atoms with Gasteiger partial charge >= 0.3 is 0 Å². The van der Waals surface area contributed by atoms with Gasteiger partial charge in [0.25, 0.3) is 0 Å². The van der Waals surface area contributed by atoms with Crippen molar-refractivity contribution in [1.82, 2.24) is 9.62 Å². The summed E-state index contributed by atoms with van der Waals surface area (Å²) in [4.78, 5) is 13.4. The van der Waals surface area contributed by atoms with Crippen molar-refractivity contribution in [3.05, 3.63) is 0 Å². The highest BCUT2D eigenvalue weighted by Crippen LogP contribution is 2.13. The van der Waals surface area contributed by atoms with Gasteiger partial charge in [0.05, 0.1) is 25.0 Å². The predicted octanol–water partition coefficient (Wildman–Crippen LogP) is -0.226. The Morgan fingerprint density at radius 3 is 2.43 bits per heavy atom. The van der Waals surface area contributed by atoms with E-state index in [0.717, 1.165) is 0 Å². The quantitative estimate of drug-likeness (QED) is 0.578. The van der Waals surface area contributed by atoms with Crippen LogP contribution < -0.4 is 10.5 Å². The minimum absolute atomic E-state index is 0.0218. The summed E-state index contributed by atoms with van der Waals surface area (Å²) >= 11 is 0. The number of nitrogens with one attached hydrogen (secondary N) is 1. The first kappa shape index (κ1) is 20.3. The Labute approximate surface area is 128 Å². The van der Waals surface area contributed by atoms with Crippen LogP contribution in [0.4, 0.5) is 0 Å². The van der Waals surface area contributed by atoms with Gasteiger partial charge in [0.1, 0.15) is 0 Å². The Balaban J connectivity index is 4.22. The third kappa shape index (κ3) is 9.78. The van der Waals surface area contributed by atoms with Gasteiger partial charge in [0.15, 0.2) is 0 Å². The van der Waals surface area contributed by atoms with Gasteiger partial charge in [-0.2, -0.15) is 0 Å². The fraction of sp³-hybridized carbons (Fsp3) is 0.923. The lowest BCUT2D eigenvalue weighted by atomic mass is 9.93. The fourth-order valence-electron chi connectivity index (χ4n) is 1.57. The van der Waals surface area contributed by atoms with Crippen LogP contribution in [0, 0.1) is 5.41 Å². The molecule has 0 spiro atoms. The number of carbonyl (C=O) groups is 1. The number of nitrogens with two attached hydrogens (primary N) is 1. The number of amides is 1. The van der Waals surface area contributed by atoms with Crippen LogP contribution in [-0.2, 0) is 19.6 Å². The molecule has 3 N–H and O–H groups in total. The lowest BCUT2D eigenvalue weighted by molar-refractivity contribution is -0.129. The molecule has 0 radical (unpaired) electrons. The van der Waals surface area contributed by atoms with Crippen LogP contribution in [0.15, 0.2) is 0 Å². The summed E-state index contributed by atoms with van der Waals surface area (Å²) in [6.45, 7) is 8.34. The van der Waals surface area contributed by atoms with Gasteiger partial charge in [0, 0.05) is 13.6 Å². The normalized spacial score (nSPS) is 12.7. The molecule has 0 aromatic rings. The molecule has 0 rings (SSSR count). The second-order valence-electron chi connectivity index (χ2n) is 6.18. The van der Waals surface area contributed by atoms with Crippen LogP contribution in [0.25, 0.3) is 0 Å². The summed E-state index contributed by atoms with van der Waals surface area (Å²) in [6.07, 6.45) is -0.0218. The molecule has 0 saturated carbocycles. The van der Waals surface area contributed by atoms with Crippen LogP contribution in [0.3, 0.4) is 0 Å². The fourth-order valence-corrected chi connectivity index (χ4v) is 2.37. The van der Waals surface area contributed by atoms with Crippen molar-refractivity contribution in [2.45, 2.75) is 33.8 Å². The Morgan fingerprint density at radius 2 is 1.95 bits per heavy atom. The van der Waals surface area contributed by atoms with Gasteiger partial charge < -0.3 is 15.4 Å². The first-order valence-corrected chi connectivity index (χ1v) is 8.67. The Morgan fingerprint density at radius 1 is 1.38 bits per heavy atom. The number of rotatable bonds is 10.